The minimum absolute atomic E-state index is 0.00887. The van der Waals surface area contributed by atoms with E-state index >= 15 is 0 Å². The minimum Gasteiger partial charge on any atom is -0.496 e. The van der Waals surface area contributed by atoms with Gasteiger partial charge in [0, 0.05) is 5.56 Å². The van der Waals surface area contributed by atoms with Crippen LogP contribution in [0.3, 0.4) is 0 Å². The maximum atomic E-state index is 12.1. The second-order valence-electron chi connectivity index (χ2n) is 3.09. The standard InChI is InChI=1S/C11H11F3O2/c1-16-9(7-10(15)11(12,13)14)8-5-3-2-4-6-8/h2-7,10,15H,1H3/b9-7+/t10-/m1/s1. The van der Waals surface area contributed by atoms with Crippen LogP contribution in [0, 0.1) is 0 Å². The summed E-state index contributed by atoms with van der Waals surface area (Å²) in [7, 11) is 1.25. The van der Waals surface area contributed by atoms with Gasteiger partial charge >= 0.3 is 6.18 Å². The first-order valence-electron chi connectivity index (χ1n) is 4.51. The Bertz CT molecular complexity index is 357. The molecule has 1 N–H and O–H groups in total. The zero-order valence-electron chi connectivity index (χ0n) is 8.53. The van der Waals surface area contributed by atoms with Gasteiger partial charge in [0.05, 0.1) is 7.11 Å². The van der Waals surface area contributed by atoms with Gasteiger partial charge in [-0.15, -0.1) is 0 Å². The van der Waals surface area contributed by atoms with Gasteiger partial charge < -0.3 is 9.84 Å². The predicted molar refractivity (Wildman–Crippen MR) is 53.5 cm³/mol. The molecule has 16 heavy (non-hydrogen) atoms. The highest BCUT2D eigenvalue weighted by molar-refractivity contribution is 5.60. The van der Waals surface area contributed by atoms with Crippen LogP contribution in [-0.4, -0.2) is 24.5 Å². The van der Waals surface area contributed by atoms with E-state index in [2.05, 4.69) is 0 Å². The first-order valence-corrected chi connectivity index (χ1v) is 4.51. The van der Waals surface area contributed by atoms with Crippen molar-refractivity contribution in [2.45, 2.75) is 12.3 Å². The van der Waals surface area contributed by atoms with Crippen molar-refractivity contribution >= 4 is 5.76 Å². The molecule has 0 aliphatic heterocycles. The van der Waals surface area contributed by atoms with Crippen LogP contribution in [0.2, 0.25) is 0 Å². The molecule has 2 nitrogen and oxygen atoms in total. The average molecular weight is 232 g/mol. The van der Waals surface area contributed by atoms with Crippen LogP contribution >= 0.6 is 0 Å². The normalized spacial score (nSPS) is 14.7. The molecular weight excluding hydrogens is 221 g/mol. The number of ether oxygens (including phenoxy) is 1. The topological polar surface area (TPSA) is 29.5 Å². The molecule has 1 aromatic carbocycles. The number of halogens is 3. The Labute approximate surface area is 91.0 Å². The SMILES string of the molecule is CO/C(=C/[C@@H](O)C(F)(F)F)c1ccccc1. The Morgan fingerprint density at radius 3 is 2.31 bits per heavy atom. The third-order valence-corrected chi connectivity index (χ3v) is 1.92. The first kappa shape index (κ1) is 12.6. The van der Waals surface area contributed by atoms with Crippen molar-refractivity contribution in [1.29, 1.82) is 0 Å². The number of aliphatic hydroxyl groups is 1. The van der Waals surface area contributed by atoms with E-state index < -0.39 is 12.3 Å². The van der Waals surface area contributed by atoms with Crippen LogP contribution in [0.15, 0.2) is 36.4 Å². The van der Waals surface area contributed by atoms with E-state index in [0.717, 1.165) is 0 Å². The molecule has 0 aromatic heterocycles. The van der Waals surface area contributed by atoms with Crippen LogP contribution in [0.25, 0.3) is 5.76 Å². The first-order chi connectivity index (χ1) is 7.45. The van der Waals surface area contributed by atoms with Gasteiger partial charge in [-0.1, -0.05) is 30.3 Å². The lowest BCUT2D eigenvalue weighted by atomic mass is 10.1. The van der Waals surface area contributed by atoms with E-state index in [1.807, 2.05) is 0 Å². The van der Waals surface area contributed by atoms with Gasteiger partial charge in [-0.2, -0.15) is 13.2 Å². The molecule has 88 valence electrons. The molecule has 0 aliphatic carbocycles. The molecule has 5 heteroatoms. The van der Waals surface area contributed by atoms with Gasteiger partial charge in [0.1, 0.15) is 5.76 Å². The molecule has 0 spiro atoms. The number of benzene rings is 1. The third kappa shape index (κ3) is 3.27. The lowest BCUT2D eigenvalue weighted by molar-refractivity contribution is -0.187. The van der Waals surface area contributed by atoms with Crippen LogP contribution in [0.1, 0.15) is 5.56 Å². The van der Waals surface area contributed by atoms with E-state index in [1.54, 1.807) is 30.3 Å². The number of hydrogen-bond acceptors (Lipinski definition) is 2. The molecule has 0 fully saturated rings. The predicted octanol–water partition coefficient (Wildman–Crippen LogP) is 2.60. The monoisotopic (exact) mass is 232 g/mol. The summed E-state index contributed by atoms with van der Waals surface area (Å²) in [6, 6.07) is 8.26. The summed E-state index contributed by atoms with van der Waals surface area (Å²) in [6.07, 6.45) is -6.57. The van der Waals surface area contributed by atoms with E-state index in [1.165, 1.54) is 7.11 Å². The Morgan fingerprint density at radius 1 is 1.31 bits per heavy atom. The molecule has 0 aliphatic rings. The molecule has 0 amide bonds. The molecule has 0 unspecified atom stereocenters. The molecule has 1 aromatic rings. The molecule has 1 atom stereocenters. The quantitative estimate of drug-likeness (QED) is 0.812. The van der Waals surface area contributed by atoms with Crippen LogP contribution in [-0.2, 0) is 4.74 Å². The Morgan fingerprint density at radius 2 is 1.88 bits per heavy atom. The Hall–Kier alpha value is -1.49. The van der Waals surface area contributed by atoms with Crippen molar-refractivity contribution in [3.05, 3.63) is 42.0 Å². The van der Waals surface area contributed by atoms with Crippen molar-refractivity contribution in [1.82, 2.24) is 0 Å². The summed E-state index contributed by atoms with van der Waals surface area (Å²) in [5, 5.41) is 8.87. The fourth-order valence-electron chi connectivity index (χ4n) is 1.12. The molecule has 1 rings (SSSR count). The summed E-state index contributed by atoms with van der Waals surface area (Å²) < 4.78 is 41.1. The average Bonchev–Trinajstić information content (AvgIpc) is 2.25. The molecule has 0 saturated carbocycles. The molecular formula is C11H11F3O2. The van der Waals surface area contributed by atoms with E-state index in [9.17, 15) is 13.2 Å². The van der Waals surface area contributed by atoms with Crippen LogP contribution in [0.5, 0.6) is 0 Å². The maximum Gasteiger partial charge on any atom is 0.418 e. The summed E-state index contributed by atoms with van der Waals surface area (Å²) in [4.78, 5) is 0. The zero-order valence-corrected chi connectivity index (χ0v) is 8.53. The Balaban J connectivity index is 2.95. The third-order valence-electron chi connectivity index (χ3n) is 1.92. The second-order valence-corrected chi connectivity index (χ2v) is 3.09. The lowest BCUT2D eigenvalue weighted by Gasteiger charge is -2.13. The highest BCUT2D eigenvalue weighted by atomic mass is 19.4. The minimum atomic E-state index is -4.68. The zero-order chi connectivity index (χ0) is 12.2. The molecule has 0 bridgehead atoms. The maximum absolute atomic E-state index is 12.1. The van der Waals surface area contributed by atoms with Crippen molar-refractivity contribution in [3.8, 4) is 0 Å². The van der Waals surface area contributed by atoms with Gasteiger partial charge in [-0.05, 0) is 6.08 Å². The fourth-order valence-corrected chi connectivity index (χ4v) is 1.12. The van der Waals surface area contributed by atoms with E-state index in [0.29, 0.717) is 11.6 Å². The highest BCUT2D eigenvalue weighted by Crippen LogP contribution is 2.24. The van der Waals surface area contributed by atoms with E-state index in [4.69, 9.17) is 9.84 Å². The molecule has 0 heterocycles. The smallest absolute Gasteiger partial charge is 0.418 e. The summed E-state index contributed by atoms with van der Waals surface area (Å²) >= 11 is 0. The van der Waals surface area contributed by atoms with Gasteiger partial charge in [0.2, 0.25) is 0 Å². The summed E-state index contributed by atoms with van der Waals surface area (Å²) in [5.41, 5.74) is 0.480. The lowest BCUT2D eigenvalue weighted by Crippen LogP contribution is -2.26. The largest absolute Gasteiger partial charge is 0.496 e. The van der Waals surface area contributed by atoms with Crippen molar-refractivity contribution in [3.63, 3.8) is 0 Å². The highest BCUT2D eigenvalue weighted by Gasteiger charge is 2.37. The van der Waals surface area contributed by atoms with Crippen molar-refractivity contribution in [2.24, 2.45) is 0 Å². The van der Waals surface area contributed by atoms with Gasteiger partial charge in [-0.25, -0.2) is 0 Å². The number of methoxy groups -OCH3 is 1. The second kappa shape index (κ2) is 5.03. The van der Waals surface area contributed by atoms with Crippen LogP contribution < -0.4 is 0 Å². The van der Waals surface area contributed by atoms with Crippen molar-refractivity contribution < 1.29 is 23.0 Å². The number of rotatable bonds is 3. The van der Waals surface area contributed by atoms with Crippen LogP contribution in [0.4, 0.5) is 13.2 Å². The number of aliphatic hydroxyl groups excluding tert-OH is 1. The Kier molecular flexibility index (Phi) is 3.95. The summed E-state index contributed by atoms with van der Waals surface area (Å²) in [6.45, 7) is 0. The summed E-state index contributed by atoms with van der Waals surface area (Å²) in [5.74, 6) is -0.00887. The van der Waals surface area contributed by atoms with E-state index in [-0.39, 0.29) is 5.76 Å². The number of hydrogen-bond donors (Lipinski definition) is 1. The van der Waals surface area contributed by atoms with Gasteiger partial charge in [-0.3, -0.25) is 0 Å². The molecule has 0 saturated heterocycles. The van der Waals surface area contributed by atoms with Gasteiger partial charge in [0.25, 0.3) is 0 Å². The van der Waals surface area contributed by atoms with Crippen molar-refractivity contribution in [2.75, 3.05) is 7.11 Å². The number of alkyl halides is 3. The fraction of sp³-hybridized carbons (Fsp3) is 0.273. The van der Waals surface area contributed by atoms with Gasteiger partial charge in [0.15, 0.2) is 6.10 Å². The molecule has 0 radical (unpaired) electrons.